The molecule has 1 N–H and O–H groups in total. The number of benzene rings is 1. The minimum Gasteiger partial charge on any atom is -0.481 e. The number of nitrogens with zero attached hydrogens (tertiary/aromatic N) is 1. The van der Waals surface area contributed by atoms with Gasteiger partial charge in [0.1, 0.15) is 5.41 Å². The number of carbonyl (C=O) groups excluding carboxylic acids is 1. The molecule has 1 aliphatic rings. The number of aryl methyl sites for hydroxylation is 1. The Bertz CT molecular complexity index is 584. The quantitative estimate of drug-likeness (QED) is 0.833. The number of aliphatic carboxylic acids is 1. The fraction of sp³-hybridized carbons (Fsp3) is 0.579. The Morgan fingerprint density at radius 2 is 2.00 bits per heavy atom. The lowest BCUT2D eigenvalue weighted by Crippen LogP contribution is -2.40. The number of carboxylic acids is 1. The first-order valence-corrected chi connectivity index (χ1v) is 8.48. The molecule has 5 heteroatoms. The molecule has 0 bridgehead atoms. The second-order valence-electron chi connectivity index (χ2n) is 6.80. The highest BCUT2D eigenvalue weighted by Gasteiger charge is 2.46. The van der Waals surface area contributed by atoms with Crippen molar-refractivity contribution >= 4 is 11.9 Å². The minimum absolute atomic E-state index is 0.0293. The maximum absolute atomic E-state index is 12.7. The van der Waals surface area contributed by atoms with Crippen LogP contribution in [-0.2, 0) is 14.3 Å². The van der Waals surface area contributed by atoms with E-state index in [1.165, 1.54) is 12.7 Å². The Hall–Kier alpha value is -1.88. The fourth-order valence-electron chi connectivity index (χ4n) is 3.39. The summed E-state index contributed by atoms with van der Waals surface area (Å²) in [6.45, 7) is 4.98. The van der Waals surface area contributed by atoms with E-state index in [4.69, 9.17) is 4.74 Å². The van der Waals surface area contributed by atoms with Crippen LogP contribution in [0.1, 0.15) is 43.2 Å². The van der Waals surface area contributed by atoms with E-state index in [2.05, 4.69) is 31.2 Å². The average molecular weight is 333 g/mol. The third-order valence-corrected chi connectivity index (χ3v) is 5.04. The van der Waals surface area contributed by atoms with Crippen LogP contribution >= 0.6 is 0 Å². The highest BCUT2D eigenvalue weighted by Crippen LogP contribution is 2.33. The standard InChI is InChI=1S/C19H27NO4/c1-4-15(16-7-5-14(2)6-8-16)11-17(21)20-10-9-19(12-20,13-24-3)18(22)23/h5-8,15H,4,9-13H2,1-3H3,(H,22,23). The van der Waals surface area contributed by atoms with E-state index in [9.17, 15) is 14.7 Å². The molecule has 1 amide bonds. The molecule has 0 aliphatic carbocycles. The molecule has 2 rings (SSSR count). The summed E-state index contributed by atoms with van der Waals surface area (Å²) in [5.41, 5.74) is 1.40. The highest BCUT2D eigenvalue weighted by atomic mass is 16.5. The van der Waals surface area contributed by atoms with Gasteiger partial charge < -0.3 is 14.7 Å². The van der Waals surface area contributed by atoms with Gasteiger partial charge in [-0.25, -0.2) is 0 Å². The minimum atomic E-state index is -0.962. The van der Waals surface area contributed by atoms with Crippen molar-refractivity contribution in [3.05, 3.63) is 35.4 Å². The zero-order chi connectivity index (χ0) is 17.7. The lowest BCUT2D eigenvalue weighted by atomic mass is 9.88. The number of likely N-dealkylation sites (tertiary alicyclic amines) is 1. The second kappa shape index (κ2) is 7.79. The number of carbonyl (C=O) groups is 2. The van der Waals surface area contributed by atoms with Gasteiger partial charge in [-0.3, -0.25) is 9.59 Å². The topological polar surface area (TPSA) is 66.8 Å². The van der Waals surface area contributed by atoms with Gasteiger partial charge in [0, 0.05) is 26.6 Å². The Labute approximate surface area is 143 Å². The van der Waals surface area contributed by atoms with Gasteiger partial charge in [-0.1, -0.05) is 36.8 Å². The maximum Gasteiger partial charge on any atom is 0.313 e. The van der Waals surface area contributed by atoms with Crippen LogP contribution in [0.15, 0.2) is 24.3 Å². The SMILES string of the molecule is CCC(CC(=O)N1CCC(COC)(C(=O)O)C1)c1ccc(C)cc1. The third kappa shape index (κ3) is 3.96. The first-order chi connectivity index (χ1) is 11.4. The van der Waals surface area contributed by atoms with E-state index < -0.39 is 11.4 Å². The molecule has 1 fully saturated rings. The van der Waals surface area contributed by atoms with Gasteiger partial charge in [0.15, 0.2) is 0 Å². The van der Waals surface area contributed by atoms with Crippen LogP contribution in [0.5, 0.6) is 0 Å². The zero-order valence-electron chi connectivity index (χ0n) is 14.7. The molecular formula is C19H27NO4. The number of carboxylic acid groups (broad SMARTS) is 1. The van der Waals surface area contributed by atoms with E-state index in [0.717, 1.165) is 12.0 Å². The summed E-state index contributed by atoms with van der Waals surface area (Å²) >= 11 is 0. The Morgan fingerprint density at radius 3 is 2.54 bits per heavy atom. The smallest absolute Gasteiger partial charge is 0.313 e. The van der Waals surface area contributed by atoms with Gasteiger partial charge in [0.2, 0.25) is 5.91 Å². The summed E-state index contributed by atoms with van der Waals surface area (Å²) in [7, 11) is 1.50. The predicted molar refractivity (Wildman–Crippen MR) is 92.0 cm³/mol. The van der Waals surface area contributed by atoms with Crippen molar-refractivity contribution in [2.45, 2.75) is 39.0 Å². The van der Waals surface area contributed by atoms with E-state index in [0.29, 0.717) is 19.4 Å². The Morgan fingerprint density at radius 1 is 1.33 bits per heavy atom. The first-order valence-electron chi connectivity index (χ1n) is 8.48. The van der Waals surface area contributed by atoms with E-state index in [-0.39, 0.29) is 25.0 Å². The molecule has 2 atom stereocenters. The molecule has 1 aromatic carbocycles. The van der Waals surface area contributed by atoms with Gasteiger partial charge in [0.25, 0.3) is 0 Å². The molecule has 5 nitrogen and oxygen atoms in total. The molecule has 1 saturated heterocycles. The summed E-state index contributed by atoms with van der Waals surface area (Å²) in [5.74, 6) is -0.688. The Kier molecular flexibility index (Phi) is 5.99. The van der Waals surface area contributed by atoms with Crippen LogP contribution < -0.4 is 0 Å². The lowest BCUT2D eigenvalue weighted by molar-refractivity contribution is -0.151. The van der Waals surface area contributed by atoms with Crippen molar-refractivity contribution in [1.29, 1.82) is 0 Å². The van der Waals surface area contributed by atoms with Crippen LogP contribution in [0, 0.1) is 12.3 Å². The van der Waals surface area contributed by atoms with Crippen LogP contribution in [0.3, 0.4) is 0 Å². The number of hydrogen-bond donors (Lipinski definition) is 1. The van der Waals surface area contributed by atoms with Crippen molar-refractivity contribution in [2.75, 3.05) is 26.8 Å². The van der Waals surface area contributed by atoms with Gasteiger partial charge in [-0.2, -0.15) is 0 Å². The normalized spacial score (nSPS) is 21.7. The maximum atomic E-state index is 12.7. The van der Waals surface area contributed by atoms with E-state index in [1.54, 1.807) is 4.90 Å². The van der Waals surface area contributed by atoms with E-state index in [1.807, 2.05) is 6.92 Å². The molecule has 132 valence electrons. The molecule has 1 aromatic rings. The van der Waals surface area contributed by atoms with Crippen LogP contribution in [0.25, 0.3) is 0 Å². The largest absolute Gasteiger partial charge is 0.481 e. The van der Waals surface area contributed by atoms with E-state index >= 15 is 0 Å². The van der Waals surface area contributed by atoms with Crippen LogP contribution in [0.4, 0.5) is 0 Å². The number of ether oxygens (including phenoxy) is 1. The van der Waals surface area contributed by atoms with Crippen molar-refractivity contribution in [1.82, 2.24) is 4.90 Å². The van der Waals surface area contributed by atoms with Crippen molar-refractivity contribution < 1.29 is 19.4 Å². The fourth-order valence-corrected chi connectivity index (χ4v) is 3.39. The number of rotatable bonds is 7. The molecule has 2 unspecified atom stereocenters. The summed E-state index contributed by atoms with van der Waals surface area (Å²) in [6.07, 6.45) is 1.75. The number of methoxy groups -OCH3 is 1. The molecule has 0 spiro atoms. The molecule has 0 radical (unpaired) electrons. The van der Waals surface area contributed by atoms with Crippen LogP contribution in [-0.4, -0.2) is 48.7 Å². The van der Waals surface area contributed by atoms with Gasteiger partial charge >= 0.3 is 5.97 Å². The summed E-state index contributed by atoms with van der Waals surface area (Å²) in [6, 6.07) is 8.28. The zero-order valence-corrected chi connectivity index (χ0v) is 14.7. The summed E-state index contributed by atoms with van der Waals surface area (Å²) < 4.78 is 5.08. The average Bonchev–Trinajstić information content (AvgIpc) is 2.99. The van der Waals surface area contributed by atoms with Gasteiger partial charge in [-0.05, 0) is 31.2 Å². The lowest BCUT2D eigenvalue weighted by Gasteiger charge is -2.25. The van der Waals surface area contributed by atoms with Crippen molar-refractivity contribution in [3.63, 3.8) is 0 Å². The summed E-state index contributed by atoms with van der Waals surface area (Å²) in [4.78, 5) is 25.9. The highest BCUT2D eigenvalue weighted by molar-refractivity contribution is 5.81. The molecule has 1 heterocycles. The molecule has 0 saturated carbocycles. The van der Waals surface area contributed by atoms with Gasteiger partial charge in [-0.15, -0.1) is 0 Å². The molecule has 0 aromatic heterocycles. The van der Waals surface area contributed by atoms with Crippen molar-refractivity contribution in [3.8, 4) is 0 Å². The monoisotopic (exact) mass is 333 g/mol. The molecular weight excluding hydrogens is 306 g/mol. The summed E-state index contributed by atoms with van der Waals surface area (Å²) in [5, 5.41) is 9.51. The molecule has 24 heavy (non-hydrogen) atoms. The second-order valence-corrected chi connectivity index (χ2v) is 6.80. The van der Waals surface area contributed by atoms with Crippen molar-refractivity contribution in [2.24, 2.45) is 5.41 Å². The molecule has 1 aliphatic heterocycles. The predicted octanol–water partition coefficient (Wildman–Crippen LogP) is 2.83. The number of amides is 1. The first kappa shape index (κ1) is 18.5. The Balaban J connectivity index is 2.04. The number of hydrogen-bond acceptors (Lipinski definition) is 3. The third-order valence-electron chi connectivity index (χ3n) is 5.04. The van der Waals surface area contributed by atoms with Crippen LogP contribution in [0.2, 0.25) is 0 Å². The van der Waals surface area contributed by atoms with Gasteiger partial charge in [0.05, 0.1) is 6.61 Å².